The molecule has 0 saturated heterocycles. The Labute approximate surface area is 297 Å². The average molecular weight is 732 g/mol. The SMILES string of the molecule is COc1c(NC(=O)Nc2ccc(Oc3ccnc(Nc4ccc(C(=O)O)c([S@@](C)=O)c4)c3)c3ccccc23)cc(C(C)(C)C)cc1NS(C)(=O)=O. The molecule has 15 heteroatoms. The highest BCUT2D eigenvalue weighted by Gasteiger charge is 2.23. The standard InChI is InChI=1S/C36H37N5O8S2/c1-36(2,3)21-17-28(33(48-4)29(18-21)41-51(6,46)47)40-35(44)39-27-13-14-30(25-10-8-7-9-24(25)27)49-23-15-16-37-32(20-23)38-22-11-12-26(34(42)43)31(19-22)50(5)45/h7-20,41H,1-6H3,(H,37,38)(H,42,43)(H2,39,40,44)/t50-/m1/s1. The normalized spacial score (nSPS) is 12.1. The van der Waals surface area contributed by atoms with E-state index in [0.29, 0.717) is 39.5 Å². The molecule has 4 aromatic carbocycles. The van der Waals surface area contributed by atoms with Crippen molar-refractivity contribution in [1.29, 1.82) is 0 Å². The third-order valence-corrected chi connectivity index (χ3v) is 9.14. The molecule has 2 amide bonds. The minimum absolute atomic E-state index is 0.0424. The number of fused-ring (bicyclic) bond motifs is 1. The number of carbonyl (C=O) groups excluding carboxylic acids is 1. The summed E-state index contributed by atoms with van der Waals surface area (Å²) in [4.78, 5) is 29.5. The van der Waals surface area contributed by atoms with Crippen LogP contribution in [-0.2, 0) is 26.2 Å². The molecule has 0 aliphatic carbocycles. The largest absolute Gasteiger partial charge is 0.492 e. The summed E-state index contributed by atoms with van der Waals surface area (Å²) in [7, 11) is -3.78. The molecule has 13 nitrogen and oxygen atoms in total. The first-order chi connectivity index (χ1) is 24.0. The number of aromatic nitrogens is 1. The molecule has 51 heavy (non-hydrogen) atoms. The molecular formula is C36H37N5O8S2. The van der Waals surface area contributed by atoms with Gasteiger partial charge in [0.2, 0.25) is 10.0 Å². The summed E-state index contributed by atoms with van der Waals surface area (Å²) in [5.41, 5.74) is 1.81. The number of benzene rings is 4. The van der Waals surface area contributed by atoms with Crippen LogP contribution in [0.1, 0.15) is 36.7 Å². The van der Waals surface area contributed by atoms with Crippen molar-refractivity contribution in [1.82, 2.24) is 4.98 Å². The lowest BCUT2D eigenvalue weighted by Crippen LogP contribution is -2.22. The Hall–Kier alpha value is -5.67. The lowest BCUT2D eigenvalue weighted by Gasteiger charge is -2.24. The van der Waals surface area contributed by atoms with Crippen molar-refractivity contribution in [2.75, 3.05) is 40.3 Å². The van der Waals surface area contributed by atoms with Crippen LogP contribution in [-0.4, -0.2) is 54.3 Å². The zero-order chi connectivity index (χ0) is 37.1. The predicted molar refractivity (Wildman–Crippen MR) is 200 cm³/mol. The molecule has 0 bridgehead atoms. The topological polar surface area (TPSA) is 185 Å². The number of urea groups is 1. The molecule has 5 rings (SSSR count). The molecule has 0 aliphatic heterocycles. The third kappa shape index (κ3) is 8.93. The van der Waals surface area contributed by atoms with Crippen LogP contribution >= 0.6 is 0 Å². The van der Waals surface area contributed by atoms with E-state index in [9.17, 15) is 27.3 Å². The smallest absolute Gasteiger partial charge is 0.336 e. The first-order valence-electron chi connectivity index (χ1n) is 15.4. The minimum Gasteiger partial charge on any atom is -0.492 e. The van der Waals surface area contributed by atoms with Crippen LogP contribution in [0.2, 0.25) is 0 Å². The van der Waals surface area contributed by atoms with E-state index in [2.05, 4.69) is 25.7 Å². The summed E-state index contributed by atoms with van der Waals surface area (Å²) in [5, 5.41) is 19.6. The van der Waals surface area contributed by atoms with Crippen LogP contribution < -0.4 is 30.1 Å². The fraction of sp³-hybridized carbons (Fsp3) is 0.194. The quantitative estimate of drug-likeness (QED) is 0.0910. The highest BCUT2D eigenvalue weighted by molar-refractivity contribution is 7.92. The highest BCUT2D eigenvalue weighted by Crippen LogP contribution is 2.40. The molecule has 0 radical (unpaired) electrons. The van der Waals surface area contributed by atoms with E-state index < -0.39 is 32.8 Å². The highest BCUT2D eigenvalue weighted by atomic mass is 32.2. The van der Waals surface area contributed by atoms with Crippen LogP contribution in [0.4, 0.5) is 33.4 Å². The number of sulfonamides is 1. The van der Waals surface area contributed by atoms with Gasteiger partial charge in [-0.1, -0.05) is 45.0 Å². The van der Waals surface area contributed by atoms with Gasteiger partial charge in [-0.05, 0) is 59.5 Å². The molecule has 0 saturated carbocycles. The Bertz CT molecular complexity index is 2290. The summed E-state index contributed by atoms with van der Waals surface area (Å²) in [6.07, 6.45) is 4.00. The second-order valence-electron chi connectivity index (χ2n) is 12.5. The van der Waals surface area contributed by atoms with Crippen LogP contribution in [0.15, 0.2) is 90.0 Å². The number of methoxy groups -OCH3 is 1. The number of amides is 2. The van der Waals surface area contributed by atoms with Crippen molar-refractivity contribution in [3.8, 4) is 17.2 Å². The Morgan fingerprint density at radius 2 is 1.57 bits per heavy atom. The van der Waals surface area contributed by atoms with Crippen molar-refractivity contribution >= 4 is 72.2 Å². The molecule has 0 unspecified atom stereocenters. The first-order valence-corrected chi connectivity index (χ1v) is 18.9. The Morgan fingerprint density at radius 1 is 0.882 bits per heavy atom. The van der Waals surface area contributed by atoms with Gasteiger partial charge in [0.1, 0.15) is 17.3 Å². The number of carboxylic acid groups (broad SMARTS) is 1. The fourth-order valence-electron chi connectivity index (χ4n) is 5.23. The molecule has 1 atom stereocenters. The van der Waals surface area contributed by atoms with Gasteiger partial charge in [0.25, 0.3) is 0 Å². The van der Waals surface area contributed by atoms with Crippen LogP contribution in [0, 0.1) is 0 Å². The van der Waals surface area contributed by atoms with Crippen molar-refractivity contribution in [3.05, 3.63) is 96.2 Å². The van der Waals surface area contributed by atoms with Gasteiger partial charge >= 0.3 is 12.0 Å². The Kier molecular flexibility index (Phi) is 10.5. The van der Waals surface area contributed by atoms with Gasteiger partial charge in [0.15, 0.2) is 5.75 Å². The number of pyridine rings is 1. The maximum absolute atomic E-state index is 13.4. The molecule has 5 N–H and O–H groups in total. The van der Waals surface area contributed by atoms with E-state index in [1.54, 1.807) is 48.7 Å². The fourth-order valence-corrected chi connectivity index (χ4v) is 6.54. The molecular weight excluding hydrogens is 695 g/mol. The Balaban J connectivity index is 1.39. The summed E-state index contributed by atoms with van der Waals surface area (Å²) in [6.45, 7) is 5.90. The van der Waals surface area contributed by atoms with Crippen molar-refractivity contribution in [2.24, 2.45) is 0 Å². The zero-order valence-corrected chi connectivity index (χ0v) is 30.3. The number of anilines is 5. The number of nitrogens with one attached hydrogen (secondary N) is 4. The lowest BCUT2D eigenvalue weighted by molar-refractivity contribution is 0.0693. The lowest BCUT2D eigenvalue weighted by atomic mass is 9.86. The third-order valence-electron chi connectivity index (χ3n) is 7.59. The number of ether oxygens (including phenoxy) is 2. The van der Waals surface area contributed by atoms with E-state index in [1.807, 2.05) is 45.0 Å². The van der Waals surface area contributed by atoms with Gasteiger partial charge in [-0.3, -0.25) is 8.93 Å². The number of hydrogen-bond donors (Lipinski definition) is 5. The number of carbonyl (C=O) groups is 2. The summed E-state index contributed by atoms with van der Waals surface area (Å²) < 4.78 is 50.7. The van der Waals surface area contributed by atoms with Crippen molar-refractivity contribution in [3.63, 3.8) is 0 Å². The minimum atomic E-state index is -3.65. The molecule has 0 fully saturated rings. The van der Waals surface area contributed by atoms with Gasteiger partial charge in [-0.25, -0.2) is 23.0 Å². The molecule has 1 heterocycles. The van der Waals surface area contributed by atoms with Crippen LogP contribution in [0.3, 0.4) is 0 Å². The number of rotatable bonds is 11. The van der Waals surface area contributed by atoms with E-state index in [1.165, 1.54) is 25.5 Å². The number of hydrogen-bond acceptors (Lipinski definition) is 9. The van der Waals surface area contributed by atoms with E-state index in [-0.39, 0.29) is 33.0 Å². The van der Waals surface area contributed by atoms with E-state index >= 15 is 0 Å². The number of nitrogens with zero attached hydrogens (tertiary/aromatic N) is 1. The maximum atomic E-state index is 13.4. The zero-order valence-electron chi connectivity index (χ0n) is 28.7. The molecule has 1 aromatic heterocycles. The summed E-state index contributed by atoms with van der Waals surface area (Å²) >= 11 is 0. The average Bonchev–Trinajstić information content (AvgIpc) is 3.04. The van der Waals surface area contributed by atoms with Crippen LogP contribution in [0.5, 0.6) is 17.2 Å². The summed E-state index contributed by atoms with van der Waals surface area (Å²) in [5.74, 6) is 0.338. The van der Waals surface area contributed by atoms with Crippen molar-refractivity contribution in [2.45, 2.75) is 31.1 Å². The molecule has 5 aromatic rings. The van der Waals surface area contributed by atoms with E-state index in [4.69, 9.17) is 9.47 Å². The van der Waals surface area contributed by atoms with Gasteiger partial charge in [-0.2, -0.15) is 0 Å². The predicted octanol–water partition coefficient (Wildman–Crippen LogP) is 7.53. The van der Waals surface area contributed by atoms with Gasteiger partial charge in [-0.15, -0.1) is 0 Å². The van der Waals surface area contributed by atoms with Gasteiger partial charge < -0.3 is 30.5 Å². The molecule has 0 spiro atoms. The van der Waals surface area contributed by atoms with Crippen LogP contribution in [0.25, 0.3) is 10.8 Å². The first kappa shape index (κ1) is 36.6. The monoisotopic (exact) mass is 731 g/mol. The van der Waals surface area contributed by atoms with Gasteiger partial charge in [0, 0.05) is 35.0 Å². The second kappa shape index (κ2) is 14.7. The van der Waals surface area contributed by atoms with Crippen molar-refractivity contribution < 1.29 is 36.8 Å². The number of aromatic carboxylic acids is 1. The second-order valence-corrected chi connectivity index (χ2v) is 15.6. The summed E-state index contributed by atoms with van der Waals surface area (Å²) in [6, 6.07) is 21.4. The Morgan fingerprint density at radius 3 is 2.22 bits per heavy atom. The number of carboxylic acids is 1. The van der Waals surface area contributed by atoms with Gasteiger partial charge in [0.05, 0.1) is 51.7 Å². The molecule has 0 aliphatic rings. The van der Waals surface area contributed by atoms with E-state index in [0.717, 1.165) is 11.8 Å². The maximum Gasteiger partial charge on any atom is 0.336 e. The molecule has 266 valence electrons.